The van der Waals surface area contributed by atoms with E-state index in [-0.39, 0.29) is 17.6 Å². The van der Waals surface area contributed by atoms with E-state index in [9.17, 15) is 4.79 Å². The van der Waals surface area contributed by atoms with E-state index in [0.717, 1.165) is 26.0 Å². The summed E-state index contributed by atoms with van der Waals surface area (Å²) in [5.74, 6) is 0.186. The van der Waals surface area contributed by atoms with Crippen molar-refractivity contribution in [3.05, 3.63) is 0 Å². The molecule has 0 bridgehead atoms. The lowest BCUT2D eigenvalue weighted by atomic mass is 10.0. The Balaban J connectivity index is 1.97. The molecule has 1 N–H and O–H groups in total. The van der Waals surface area contributed by atoms with E-state index in [0.29, 0.717) is 13.2 Å². The minimum atomic E-state index is -0.279. The maximum absolute atomic E-state index is 11.9. The standard InChI is InChI=1S/C11H20N2O3/c1-12-9-3-5-13(10(9)14)7-11(15-2)4-6-16-8-11/h9,12H,3-8H2,1-2H3. The third kappa shape index (κ3) is 2.07. The fourth-order valence-electron chi connectivity index (χ4n) is 2.45. The van der Waals surface area contributed by atoms with E-state index in [1.807, 2.05) is 11.9 Å². The van der Waals surface area contributed by atoms with Crippen molar-refractivity contribution in [2.45, 2.75) is 24.5 Å². The van der Waals surface area contributed by atoms with Crippen LogP contribution in [0.3, 0.4) is 0 Å². The van der Waals surface area contributed by atoms with Gasteiger partial charge >= 0.3 is 0 Å². The van der Waals surface area contributed by atoms with Crippen molar-refractivity contribution < 1.29 is 14.3 Å². The Morgan fingerprint density at radius 2 is 2.50 bits per heavy atom. The summed E-state index contributed by atoms with van der Waals surface area (Å²) < 4.78 is 10.9. The van der Waals surface area contributed by atoms with Crippen molar-refractivity contribution in [2.24, 2.45) is 0 Å². The van der Waals surface area contributed by atoms with Crippen LogP contribution in [0.4, 0.5) is 0 Å². The highest BCUT2D eigenvalue weighted by Gasteiger charge is 2.41. The predicted octanol–water partition coefficient (Wildman–Crippen LogP) is -0.388. The van der Waals surface area contributed by atoms with Gasteiger partial charge in [-0.3, -0.25) is 4.79 Å². The fraction of sp³-hybridized carbons (Fsp3) is 0.909. The normalized spacial score (nSPS) is 35.0. The molecule has 5 nitrogen and oxygen atoms in total. The lowest BCUT2D eigenvalue weighted by Crippen LogP contribution is -2.47. The molecule has 2 aliphatic heterocycles. The van der Waals surface area contributed by atoms with Crippen molar-refractivity contribution >= 4 is 5.91 Å². The van der Waals surface area contributed by atoms with Crippen LogP contribution in [0.5, 0.6) is 0 Å². The first-order valence-electron chi connectivity index (χ1n) is 5.80. The number of rotatable bonds is 4. The van der Waals surface area contributed by atoms with Crippen LogP contribution in [0.1, 0.15) is 12.8 Å². The van der Waals surface area contributed by atoms with Crippen molar-refractivity contribution in [1.29, 1.82) is 0 Å². The van der Waals surface area contributed by atoms with Crippen LogP contribution in [0.25, 0.3) is 0 Å². The van der Waals surface area contributed by atoms with Gasteiger partial charge in [-0.05, 0) is 13.5 Å². The molecule has 0 aliphatic carbocycles. The quantitative estimate of drug-likeness (QED) is 0.712. The molecule has 92 valence electrons. The number of nitrogens with zero attached hydrogens (tertiary/aromatic N) is 1. The smallest absolute Gasteiger partial charge is 0.239 e. The highest BCUT2D eigenvalue weighted by atomic mass is 16.5. The number of hydrogen-bond acceptors (Lipinski definition) is 4. The summed E-state index contributed by atoms with van der Waals surface area (Å²) >= 11 is 0. The minimum absolute atomic E-state index is 0.0174. The summed E-state index contributed by atoms with van der Waals surface area (Å²) in [4.78, 5) is 13.8. The summed E-state index contributed by atoms with van der Waals surface area (Å²) in [5, 5.41) is 3.04. The average Bonchev–Trinajstić information content (AvgIpc) is 2.89. The lowest BCUT2D eigenvalue weighted by molar-refractivity contribution is -0.133. The highest BCUT2D eigenvalue weighted by molar-refractivity contribution is 5.84. The summed E-state index contributed by atoms with van der Waals surface area (Å²) in [5.41, 5.74) is -0.279. The molecule has 0 aromatic heterocycles. The van der Waals surface area contributed by atoms with E-state index < -0.39 is 0 Å². The first-order valence-corrected chi connectivity index (χ1v) is 5.80. The van der Waals surface area contributed by atoms with Crippen LogP contribution >= 0.6 is 0 Å². The van der Waals surface area contributed by atoms with Crippen LogP contribution in [0, 0.1) is 0 Å². The van der Waals surface area contributed by atoms with Crippen LogP contribution in [-0.4, -0.2) is 62.9 Å². The summed E-state index contributed by atoms with van der Waals surface area (Å²) in [6.07, 6.45) is 1.76. The van der Waals surface area contributed by atoms with Gasteiger partial charge < -0.3 is 19.7 Å². The molecule has 2 aliphatic rings. The van der Waals surface area contributed by atoms with Gasteiger partial charge in [0.2, 0.25) is 5.91 Å². The SMILES string of the molecule is CNC1CCN(CC2(OC)CCOC2)C1=O. The number of likely N-dealkylation sites (tertiary alicyclic amines) is 1. The van der Waals surface area contributed by atoms with E-state index in [1.165, 1.54) is 0 Å². The number of carbonyl (C=O) groups is 1. The van der Waals surface area contributed by atoms with Crippen LogP contribution in [0.15, 0.2) is 0 Å². The number of amides is 1. The van der Waals surface area contributed by atoms with Crippen LogP contribution in [0.2, 0.25) is 0 Å². The van der Waals surface area contributed by atoms with Gasteiger partial charge in [-0.25, -0.2) is 0 Å². The molecular formula is C11H20N2O3. The zero-order valence-corrected chi connectivity index (χ0v) is 9.99. The number of nitrogens with one attached hydrogen (secondary N) is 1. The first-order chi connectivity index (χ1) is 7.71. The molecule has 2 rings (SSSR count). The van der Waals surface area contributed by atoms with E-state index >= 15 is 0 Å². The molecule has 0 saturated carbocycles. The third-order valence-electron chi connectivity index (χ3n) is 3.63. The van der Waals surface area contributed by atoms with Crippen molar-refractivity contribution in [2.75, 3.05) is 40.5 Å². The number of ether oxygens (including phenoxy) is 2. The molecule has 0 aromatic rings. The Labute approximate surface area is 96.1 Å². The minimum Gasteiger partial charge on any atom is -0.378 e. The highest BCUT2D eigenvalue weighted by Crippen LogP contribution is 2.25. The number of likely N-dealkylation sites (N-methyl/N-ethyl adjacent to an activating group) is 1. The van der Waals surface area contributed by atoms with Gasteiger partial charge in [-0.15, -0.1) is 0 Å². The number of carbonyl (C=O) groups excluding carboxylic acids is 1. The van der Waals surface area contributed by atoms with Gasteiger partial charge in [-0.2, -0.15) is 0 Å². The van der Waals surface area contributed by atoms with Crippen molar-refractivity contribution in [1.82, 2.24) is 10.2 Å². The molecule has 16 heavy (non-hydrogen) atoms. The van der Waals surface area contributed by atoms with Gasteiger partial charge in [0.25, 0.3) is 0 Å². The topological polar surface area (TPSA) is 50.8 Å². The number of methoxy groups -OCH3 is 1. The van der Waals surface area contributed by atoms with E-state index in [1.54, 1.807) is 7.11 Å². The predicted molar refractivity (Wildman–Crippen MR) is 59.2 cm³/mol. The van der Waals surface area contributed by atoms with Gasteiger partial charge in [-0.1, -0.05) is 0 Å². The third-order valence-corrected chi connectivity index (χ3v) is 3.63. The zero-order chi connectivity index (χ0) is 11.6. The van der Waals surface area contributed by atoms with Gasteiger partial charge in [0, 0.05) is 26.7 Å². The second-order valence-corrected chi connectivity index (χ2v) is 4.58. The Bertz CT molecular complexity index is 264. The second kappa shape index (κ2) is 4.69. The van der Waals surface area contributed by atoms with Crippen molar-refractivity contribution in [3.8, 4) is 0 Å². The molecule has 2 atom stereocenters. The molecule has 1 amide bonds. The van der Waals surface area contributed by atoms with Gasteiger partial charge in [0.05, 0.1) is 19.2 Å². The zero-order valence-electron chi connectivity index (χ0n) is 9.99. The maximum atomic E-state index is 11.9. The van der Waals surface area contributed by atoms with Crippen molar-refractivity contribution in [3.63, 3.8) is 0 Å². The Morgan fingerprint density at radius 3 is 3.00 bits per heavy atom. The van der Waals surface area contributed by atoms with E-state index in [4.69, 9.17) is 9.47 Å². The molecule has 2 fully saturated rings. The second-order valence-electron chi connectivity index (χ2n) is 4.58. The van der Waals surface area contributed by atoms with Gasteiger partial charge in [0.1, 0.15) is 5.60 Å². The first kappa shape index (κ1) is 11.8. The molecule has 2 heterocycles. The summed E-state index contributed by atoms with van der Waals surface area (Å²) in [7, 11) is 3.53. The van der Waals surface area contributed by atoms with Crippen LogP contribution in [-0.2, 0) is 14.3 Å². The average molecular weight is 228 g/mol. The van der Waals surface area contributed by atoms with Crippen LogP contribution < -0.4 is 5.32 Å². The molecule has 5 heteroatoms. The largest absolute Gasteiger partial charge is 0.378 e. The monoisotopic (exact) mass is 228 g/mol. The maximum Gasteiger partial charge on any atom is 0.239 e. The molecule has 0 spiro atoms. The number of hydrogen-bond donors (Lipinski definition) is 1. The van der Waals surface area contributed by atoms with E-state index in [2.05, 4.69) is 5.32 Å². The molecule has 2 unspecified atom stereocenters. The fourth-order valence-corrected chi connectivity index (χ4v) is 2.45. The molecule has 0 aromatic carbocycles. The Morgan fingerprint density at radius 1 is 1.69 bits per heavy atom. The summed E-state index contributed by atoms with van der Waals surface area (Å²) in [6.45, 7) is 2.79. The Hall–Kier alpha value is -0.650. The summed E-state index contributed by atoms with van der Waals surface area (Å²) in [6, 6.07) is -0.0174. The Kier molecular flexibility index (Phi) is 3.47. The molecule has 2 saturated heterocycles. The van der Waals surface area contributed by atoms with Gasteiger partial charge in [0.15, 0.2) is 0 Å². The molecular weight excluding hydrogens is 208 g/mol. The molecule has 0 radical (unpaired) electrons. The lowest BCUT2D eigenvalue weighted by Gasteiger charge is -2.31.